The van der Waals surface area contributed by atoms with E-state index in [9.17, 15) is 0 Å². The Bertz CT molecular complexity index is 704. The van der Waals surface area contributed by atoms with Gasteiger partial charge in [0.1, 0.15) is 17.9 Å². The highest BCUT2D eigenvalue weighted by molar-refractivity contribution is 5.48. The lowest BCUT2D eigenvalue weighted by Crippen LogP contribution is -2.34. The zero-order valence-corrected chi connectivity index (χ0v) is 15.1. The Morgan fingerprint density at radius 3 is 3.00 bits per heavy atom. The molecule has 1 aromatic heterocycles. The average Bonchev–Trinajstić information content (AvgIpc) is 3.19. The Labute approximate surface area is 154 Å². The van der Waals surface area contributed by atoms with Crippen molar-refractivity contribution in [2.24, 2.45) is 0 Å². The third-order valence-corrected chi connectivity index (χ3v) is 4.45. The van der Waals surface area contributed by atoms with Crippen LogP contribution in [0.4, 0.5) is 5.69 Å². The molecular formula is C19H25N5O2. The summed E-state index contributed by atoms with van der Waals surface area (Å²) in [5.74, 6) is 1.40. The van der Waals surface area contributed by atoms with Gasteiger partial charge < -0.3 is 25.0 Å². The number of aromatic nitrogens is 1. The van der Waals surface area contributed by atoms with Crippen LogP contribution in [0, 0.1) is 11.3 Å². The highest BCUT2D eigenvalue weighted by atomic mass is 16.5. The van der Waals surface area contributed by atoms with Crippen LogP contribution >= 0.6 is 0 Å². The molecule has 0 aromatic carbocycles. The summed E-state index contributed by atoms with van der Waals surface area (Å²) >= 11 is 0. The molecule has 1 atom stereocenters. The van der Waals surface area contributed by atoms with E-state index in [1.165, 1.54) is 25.9 Å². The lowest BCUT2D eigenvalue weighted by molar-refractivity contribution is 0.159. The van der Waals surface area contributed by atoms with Gasteiger partial charge in [-0.05, 0) is 44.5 Å². The Hall–Kier alpha value is -2.72. The van der Waals surface area contributed by atoms with Gasteiger partial charge in [0.25, 0.3) is 0 Å². The number of nitrogens with one attached hydrogen (secondary N) is 2. The molecule has 0 saturated carbocycles. The molecule has 0 spiro atoms. The van der Waals surface area contributed by atoms with Gasteiger partial charge in [0.15, 0.2) is 11.5 Å². The van der Waals surface area contributed by atoms with Crippen molar-refractivity contribution in [3.63, 3.8) is 0 Å². The number of ether oxygens (including phenoxy) is 2. The first kappa shape index (κ1) is 18.1. The average molecular weight is 355 g/mol. The third-order valence-electron chi connectivity index (χ3n) is 4.45. The van der Waals surface area contributed by atoms with E-state index in [2.05, 4.69) is 20.5 Å². The van der Waals surface area contributed by atoms with E-state index < -0.39 is 0 Å². The lowest BCUT2D eigenvalue weighted by atomic mass is 10.2. The minimum absolute atomic E-state index is 0.156. The number of nitrogens with zero attached hydrogens (tertiary/aromatic N) is 3. The van der Waals surface area contributed by atoms with E-state index in [1.54, 1.807) is 25.6 Å². The van der Waals surface area contributed by atoms with Crippen LogP contribution in [-0.2, 0) is 9.47 Å². The van der Waals surface area contributed by atoms with Gasteiger partial charge in [0, 0.05) is 30.7 Å². The fourth-order valence-corrected chi connectivity index (χ4v) is 3.12. The first-order valence-electron chi connectivity index (χ1n) is 8.99. The van der Waals surface area contributed by atoms with E-state index in [0.29, 0.717) is 18.1 Å². The maximum atomic E-state index is 8.96. The van der Waals surface area contributed by atoms with Crippen LogP contribution in [0.1, 0.15) is 25.0 Å². The van der Waals surface area contributed by atoms with E-state index in [0.717, 1.165) is 24.4 Å². The summed E-state index contributed by atoms with van der Waals surface area (Å²) in [6.07, 6.45) is 8.81. The SMILES string of the molecule is COC1=CNC(Nc2ccnc(C#N)c2)C=C1OCCCN1CCCC1. The monoisotopic (exact) mass is 355 g/mol. The van der Waals surface area contributed by atoms with Crippen molar-refractivity contribution in [1.82, 2.24) is 15.2 Å². The molecule has 2 aliphatic rings. The number of rotatable bonds is 8. The van der Waals surface area contributed by atoms with Crippen LogP contribution in [0.3, 0.4) is 0 Å². The summed E-state index contributed by atoms with van der Waals surface area (Å²) in [4.78, 5) is 6.46. The Morgan fingerprint density at radius 1 is 1.38 bits per heavy atom. The molecule has 1 aromatic rings. The zero-order chi connectivity index (χ0) is 18.2. The van der Waals surface area contributed by atoms with Gasteiger partial charge in [-0.25, -0.2) is 4.98 Å². The number of nitriles is 1. The molecule has 7 nitrogen and oxygen atoms in total. The highest BCUT2D eigenvalue weighted by Crippen LogP contribution is 2.19. The second kappa shape index (κ2) is 9.11. The Morgan fingerprint density at radius 2 is 2.23 bits per heavy atom. The second-order valence-corrected chi connectivity index (χ2v) is 6.32. The van der Waals surface area contributed by atoms with E-state index in [-0.39, 0.29) is 6.17 Å². The summed E-state index contributed by atoms with van der Waals surface area (Å²) in [6, 6.07) is 5.57. The second-order valence-electron chi connectivity index (χ2n) is 6.32. The van der Waals surface area contributed by atoms with Crippen molar-refractivity contribution >= 4 is 5.69 Å². The summed E-state index contributed by atoms with van der Waals surface area (Å²) < 4.78 is 11.3. The van der Waals surface area contributed by atoms with Gasteiger partial charge in [-0.15, -0.1) is 0 Å². The number of hydrogen-bond donors (Lipinski definition) is 2. The summed E-state index contributed by atoms with van der Waals surface area (Å²) in [6.45, 7) is 4.15. The molecular weight excluding hydrogens is 330 g/mol. The van der Waals surface area contributed by atoms with Crippen LogP contribution in [0.2, 0.25) is 0 Å². The van der Waals surface area contributed by atoms with Crippen LogP contribution in [-0.4, -0.2) is 49.4 Å². The smallest absolute Gasteiger partial charge is 0.176 e. The molecule has 0 radical (unpaired) electrons. The molecule has 0 aliphatic carbocycles. The largest absolute Gasteiger partial charge is 0.491 e. The topological polar surface area (TPSA) is 82.4 Å². The van der Waals surface area contributed by atoms with E-state index in [4.69, 9.17) is 14.7 Å². The van der Waals surface area contributed by atoms with Crippen molar-refractivity contribution in [3.8, 4) is 6.07 Å². The Balaban J connectivity index is 1.54. The minimum atomic E-state index is -0.156. The molecule has 1 saturated heterocycles. The summed E-state index contributed by atoms with van der Waals surface area (Å²) in [5.41, 5.74) is 1.19. The molecule has 1 fully saturated rings. The number of pyridine rings is 1. The standard InChI is InChI=1S/C19H25N5O2/c1-25-18-14-22-19(23-15-5-6-21-16(11-15)13-20)12-17(18)26-10-4-9-24-7-2-3-8-24/h5-6,11-12,14,19,22H,2-4,7-10H2,1H3,(H,21,23). The molecule has 3 rings (SSSR count). The highest BCUT2D eigenvalue weighted by Gasteiger charge is 2.18. The third kappa shape index (κ3) is 4.90. The van der Waals surface area contributed by atoms with Crippen molar-refractivity contribution < 1.29 is 9.47 Å². The molecule has 2 N–H and O–H groups in total. The van der Waals surface area contributed by atoms with Crippen LogP contribution < -0.4 is 10.6 Å². The van der Waals surface area contributed by atoms with Gasteiger partial charge in [-0.1, -0.05) is 0 Å². The van der Waals surface area contributed by atoms with Gasteiger partial charge in [0.2, 0.25) is 0 Å². The summed E-state index contributed by atoms with van der Waals surface area (Å²) in [5, 5.41) is 15.5. The number of methoxy groups -OCH3 is 1. The summed E-state index contributed by atoms with van der Waals surface area (Å²) in [7, 11) is 1.63. The molecule has 0 amide bonds. The van der Waals surface area contributed by atoms with Crippen molar-refractivity contribution in [3.05, 3.63) is 47.8 Å². The maximum absolute atomic E-state index is 8.96. The number of dihydropyridines is 1. The lowest BCUT2D eigenvalue weighted by Gasteiger charge is -2.24. The predicted octanol–water partition coefficient (Wildman–Crippen LogP) is 2.17. The maximum Gasteiger partial charge on any atom is 0.176 e. The van der Waals surface area contributed by atoms with Crippen LogP contribution in [0.25, 0.3) is 0 Å². The molecule has 138 valence electrons. The Kier molecular flexibility index (Phi) is 6.34. The predicted molar refractivity (Wildman–Crippen MR) is 98.9 cm³/mol. The number of hydrogen-bond acceptors (Lipinski definition) is 7. The molecule has 1 unspecified atom stereocenters. The fraction of sp³-hybridized carbons (Fsp3) is 0.474. The van der Waals surface area contributed by atoms with Gasteiger partial charge in [0.05, 0.1) is 13.7 Å². The normalized spacial score (nSPS) is 19.8. The van der Waals surface area contributed by atoms with Crippen LogP contribution in [0.15, 0.2) is 42.1 Å². The van der Waals surface area contributed by atoms with Crippen molar-refractivity contribution in [1.29, 1.82) is 5.26 Å². The van der Waals surface area contributed by atoms with Crippen LogP contribution in [0.5, 0.6) is 0 Å². The first-order chi connectivity index (χ1) is 12.8. The fourth-order valence-electron chi connectivity index (χ4n) is 3.12. The van der Waals surface area contributed by atoms with Gasteiger partial charge in [-0.3, -0.25) is 0 Å². The van der Waals surface area contributed by atoms with E-state index >= 15 is 0 Å². The van der Waals surface area contributed by atoms with Crippen molar-refractivity contribution in [2.75, 3.05) is 38.7 Å². The van der Waals surface area contributed by atoms with Crippen molar-refractivity contribution in [2.45, 2.75) is 25.4 Å². The molecule has 0 bridgehead atoms. The molecule has 26 heavy (non-hydrogen) atoms. The molecule has 3 heterocycles. The quantitative estimate of drug-likeness (QED) is 0.692. The minimum Gasteiger partial charge on any atom is -0.491 e. The molecule has 2 aliphatic heterocycles. The number of anilines is 1. The zero-order valence-electron chi connectivity index (χ0n) is 15.1. The van der Waals surface area contributed by atoms with Gasteiger partial charge in [-0.2, -0.15) is 5.26 Å². The number of likely N-dealkylation sites (tertiary alicyclic amines) is 1. The first-order valence-corrected chi connectivity index (χ1v) is 8.99. The van der Waals surface area contributed by atoms with Gasteiger partial charge >= 0.3 is 0 Å². The van der Waals surface area contributed by atoms with E-state index in [1.807, 2.05) is 18.2 Å². The molecule has 7 heteroatoms.